The Hall–Kier alpha value is -1.65. The van der Waals surface area contributed by atoms with Crippen LogP contribution in [0.1, 0.15) is 32.8 Å². The van der Waals surface area contributed by atoms with Crippen molar-refractivity contribution in [2.24, 2.45) is 5.41 Å². The lowest BCUT2D eigenvalue weighted by Crippen LogP contribution is -2.35. The van der Waals surface area contributed by atoms with Crippen LogP contribution in [0.15, 0.2) is 42.7 Å². The van der Waals surface area contributed by atoms with Gasteiger partial charge in [0.05, 0.1) is 12.3 Å². The monoisotopic (exact) mass is 287 g/mol. The number of aliphatic hydroxyl groups excluding tert-OH is 1. The second-order valence-corrected chi connectivity index (χ2v) is 6.65. The number of benzene rings is 1. The summed E-state index contributed by atoms with van der Waals surface area (Å²) in [6, 6.07) is 10.3. The molecule has 1 heterocycles. The minimum atomic E-state index is 0.123. The number of aliphatic hydroxyl groups is 1. The van der Waals surface area contributed by atoms with Gasteiger partial charge < -0.3 is 10.4 Å². The Labute approximate surface area is 126 Å². The van der Waals surface area contributed by atoms with Gasteiger partial charge in [-0.15, -0.1) is 0 Å². The molecule has 0 radical (unpaired) electrons. The van der Waals surface area contributed by atoms with Crippen LogP contribution in [0.3, 0.4) is 0 Å². The summed E-state index contributed by atoms with van der Waals surface area (Å²) < 4.78 is 1.85. The van der Waals surface area contributed by atoms with Gasteiger partial charge in [0, 0.05) is 25.0 Å². The zero-order chi connectivity index (χ0) is 15.3. The summed E-state index contributed by atoms with van der Waals surface area (Å²) in [7, 11) is 0. The fraction of sp³-hybridized carbons (Fsp3) is 0.471. The quantitative estimate of drug-likeness (QED) is 0.859. The summed E-state index contributed by atoms with van der Waals surface area (Å²) in [5, 5.41) is 17.2. The zero-order valence-corrected chi connectivity index (χ0v) is 13.1. The third kappa shape index (κ3) is 4.99. The molecular weight excluding hydrogens is 262 g/mol. The Kier molecular flexibility index (Phi) is 5.15. The summed E-state index contributed by atoms with van der Waals surface area (Å²) in [6.45, 7) is 7.48. The molecule has 114 valence electrons. The molecular formula is C17H25N3O. The molecule has 1 aromatic carbocycles. The fourth-order valence-corrected chi connectivity index (χ4v) is 2.43. The average Bonchev–Trinajstić information content (AvgIpc) is 2.96. The summed E-state index contributed by atoms with van der Waals surface area (Å²) in [4.78, 5) is 0. The Morgan fingerprint density at radius 1 is 1.29 bits per heavy atom. The fourth-order valence-electron chi connectivity index (χ4n) is 2.43. The van der Waals surface area contributed by atoms with Crippen LogP contribution in [0, 0.1) is 5.41 Å². The van der Waals surface area contributed by atoms with E-state index >= 15 is 0 Å². The first-order valence-corrected chi connectivity index (χ1v) is 7.41. The van der Waals surface area contributed by atoms with Crippen molar-refractivity contribution in [3.8, 4) is 5.69 Å². The first kappa shape index (κ1) is 15.7. The van der Waals surface area contributed by atoms with Crippen LogP contribution < -0.4 is 5.32 Å². The summed E-state index contributed by atoms with van der Waals surface area (Å²) in [5.74, 6) is 0. The maximum absolute atomic E-state index is 9.50. The lowest BCUT2D eigenvalue weighted by atomic mass is 9.88. The minimum absolute atomic E-state index is 0.123. The Morgan fingerprint density at radius 3 is 2.71 bits per heavy atom. The normalized spacial score (nSPS) is 13.3. The van der Waals surface area contributed by atoms with E-state index in [4.69, 9.17) is 0 Å². The SMILES string of the molecule is CC(C)(C)CC(CO)NCc1cccc(-n2cccn2)c1. The van der Waals surface area contributed by atoms with E-state index in [-0.39, 0.29) is 18.1 Å². The largest absolute Gasteiger partial charge is 0.395 e. The molecule has 0 spiro atoms. The van der Waals surface area contributed by atoms with Crippen LogP contribution in [0.2, 0.25) is 0 Å². The van der Waals surface area contributed by atoms with Crippen molar-refractivity contribution < 1.29 is 5.11 Å². The van der Waals surface area contributed by atoms with Crippen molar-refractivity contribution >= 4 is 0 Å². The van der Waals surface area contributed by atoms with Crippen molar-refractivity contribution in [3.05, 3.63) is 48.3 Å². The molecule has 0 saturated heterocycles. The number of nitrogens with zero attached hydrogens (tertiary/aromatic N) is 2. The van der Waals surface area contributed by atoms with Gasteiger partial charge in [0.25, 0.3) is 0 Å². The highest BCUT2D eigenvalue weighted by atomic mass is 16.3. The zero-order valence-electron chi connectivity index (χ0n) is 13.1. The molecule has 4 heteroatoms. The molecule has 0 fully saturated rings. The van der Waals surface area contributed by atoms with Gasteiger partial charge in [0.1, 0.15) is 0 Å². The lowest BCUT2D eigenvalue weighted by molar-refractivity contribution is 0.198. The molecule has 2 aromatic rings. The van der Waals surface area contributed by atoms with Gasteiger partial charge >= 0.3 is 0 Å². The summed E-state index contributed by atoms with van der Waals surface area (Å²) in [6.07, 6.45) is 4.65. The van der Waals surface area contributed by atoms with Crippen LogP contribution in [0.4, 0.5) is 0 Å². The van der Waals surface area contributed by atoms with Gasteiger partial charge in [-0.05, 0) is 35.6 Å². The minimum Gasteiger partial charge on any atom is -0.395 e. The van der Waals surface area contributed by atoms with Crippen molar-refractivity contribution in [1.82, 2.24) is 15.1 Å². The van der Waals surface area contributed by atoms with E-state index in [1.165, 1.54) is 5.56 Å². The van der Waals surface area contributed by atoms with Crippen molar-refractivity contribution in [2.45, 2.75) is 39.8 Å². The molecule has 1 aromatic heterocycles. The number of hydrogen-bond donors (Lipinski definition) is 2. The molecule has 1 atom stereocenters. The van der Waals surface area contributed by atoms with Gasteiger partial charge in [-0.1, -0.05) is 32.9 Å². The van der Waals surface area contributed by atoms with Crippen molar-refractivity contribution in [2.75, 3.05) is 6.61 Å². The van der Waals surface area contributed by atoms with Crippen LogP contribution in [0.5, 0.6) is 0 Å². The molecule has 0 aliphatic carbocycles. The van der Waals surface area contributed by atoms with E-state index in [0.717, 1.165) is 18.7 Å². The lowest BCUT2D eigenvalue weighted by Gasteiger charge is -2.25. The molecule has 0 amide bonds. The molecule has 2 rings (SSSR count). The van der Waals surface area contributed by atoms with Gasteiger partial charge in [-0.2, -0.15) is 5.10 Å². The molecule has 0 aliphatic heterocycles. The second-order valence-electron chi connectivity index (χ2n) is 6.65. The molecule has 1 unspecified atom stereocenters. The molecule has 0 aliphatic rings. The van der Waals surface area contributed by atoms with E-state index in [1.54, 1.807) is 6.20 Å². The van der Waals surface area contributed by atoms with Crippen LogP contribution in [-0.4, -0.2) is 27.5 Å². The van der Waals surface area contributed by atoms with Gasteiger partial charge in [-0.25, -0.2) is 4.68 Å². The topological polar surface area (TPSA) is 50.1 Å². The number of nitrogens with one attached hydrogen (secondary N) is 1. The first-order valence-electron chi connectivity index (χ1n) is 7.41. The third-order valence-corrected chi connectivity index (χ3v) is 3.35. The highest BCUT2D eigenvalue weighted by Crippen LogP contribution is 2.21. The van der Waals surface area contributed by atoms with Gasteiger partial charge in [-0.3, -0.25) is 0 Å². The number of aromatic nitrogens is 2. The van der Waals surface area contributed by atoms with E-state index in [0.29, 0.717) is 0 Å². The molecule has 0 bridgehead atoms. The van der Waals surface area contributed by atoms with Gasteiger partial charge in [0.15, 0.2) is 0 Å². The molecule has 0 saturated carbocycles. The van der Waals surface area contributed by atoms with Crippen LogP contribution in [-0.2, 0) is 6.54 Å². The maximum Gasteiger partial charge on any atom is 0.0648 e. The number of hydrogen-bond acceptors (Lipinski definition) is 3. The third-order valence-electron chi connectivity index (χ3n) is 3.35. The van der Waals surface area contributed by atoms with E-state index in [2.05, 4.69) is 43.3 Å². The van der Waals surface area contributed by atoms with E-state index in [9.17, 15) is 5.11 Å². The summed E-state index contributed by atoms with van der Waals surface area (Å²) >= 11 is 0. The predicted molar refractivity (Wildman–Crippen MR) is 85.3 cm³/mol. The second kappa shape index (κ2) is 6.87. The van der Waals surface area contributed by atoms with Gasteiger partial charge in [0.2, 0.25) is 0 Å². The van der Waals surface area contributed by atoms with E-state index < -0.39 is 0 Å². The number of rotatable bonds is 6. The standard InChI is InChI=1S/C17H25N3O/c1-17(2,3)11-15(13-21)18-12-14-6-4-7-16(10-14)20-9-5-8-19-20/h4-10,15,18,21H,11-13H2,1-3H3. The van der Waals surface area contributed by atoms with E-state index in [1.807, 2.05) is 29.1 Å². The highest BCUT2D eigenvalue weighted by molar-refractivity contribution is 5.34. The van der Waals surface area contributed by atoms with Crippen LogP contribution in [0.25, 0.3) is 5.69 Å². The predicted octanol–water partition coefficient (Wildman–Crippen LogP) is 2.76. The first-order chi connectivity index (χ1) is 9.98. The Balaban J connectivity index is 1.98. The Morgan fingerprint density at radius 2 is 2.10 bits per heavy atom. The molecule has 2 N–H and O–H groups in total. The van der Waals surface area contributed by atoms with Crippen molar-refractivity contribution in [3.63, 3.8) is 0 Å². The Bertz CT molecular complexity index is 543. The van der Waals surface area contributed by atoms with Crippen molar-refractivity contribution in [1.29, 1.82) is 0 Å². The molecule has 21 heavy (non-hydrogen) atoms. The maximum atomic E-state index is 9.50. The smallest absolute Gasteiger partial charge is 0.0648 e. The average molecular weight is 287 g/mol. The summed E-state index contributed by atoms with van der Waals surface area (Å²) in [5.41, 5.74) is 2.45. The van der Waals surface area contributed by atoms with Crippen LogP contribution >= 0.6 is 0 Å². The molecule has 4 nitrogen and oxygen atoms in total. The highest BCUT2D eigenvalue weighted by Gasteiger charge is 2.17.